The van der Waals surface area contributed by atoms with E-state index in [9.17, 15) is 19.5 Å². The van der Waals surface area contributed by atoms with E-state index in [2.05, 4.69) is 19.2 Å². The van der Waals surface area contributed by atoms with Crippen molar-refractivity contribution in [2.45, 2.75) is 85.1 Å². The molecule has 0 radical (unpaired) electrons. The van der Waals surface area contributed by atoms with Gasteiger partial charge < -0.3 is 15.0 Å². The Balaban J connectivity index is 2.47. The molecule has 0 saturated heterocycles. The predicted molar refractivity (Wildman–Crippen MR) is 110 cm³/mol. The van der Waals surface area contributed by atoms with Crippen LogP contribution in [0.5, 0.6) is 0 Å². The van der Waals surface area contributed by atoms with Gasteiger partial charge in [0.1, 0.15) is 5.56 Å². The lowest BCUT2D eigenvalue weighted by atomic mass is 9.96. The molecule has 1 aliphatic rings. The fourth-order valence-corrected chi connectivity index (χ4v) is 3.80. The third-order valence-electron chi connectivity index (χ3n) is 5.33. The number of rotatable bonds is 9. The van der Waals surface area contributed by atoms with Gasteiger partial charge in [-0.15, -0.1) is 0 Å². The second kappa shape index (κ2) is 10.2. The monoisotopic (exact) mass is 388 g/mol. The molecule has 6 nitrogen and oxygen atoms in total. The molecule has 6 heteroatoms. The average Bonchev–Trinajstić information content (AvgIpc) is 2.68. The van der Waals surface area contributed by atoms with Gasteiger partial charge in [0, 0.05) is 17.9 Å². The van der Waals surface area contributed by atoms with Crippen molar-refractivity contribution in [3.63, 3.8) is 0 Å². The molecule has 0 aliphatic heterocycles. The van der Waals surface area contributed by atoms with Gasteiger partial charge in [0.2, 0.25) is 0 Å². The van der Waals surface area contributed by atoms with Crippen LogP contribution in [0.15, 0.2) is 22.1 Å². The van der Waals surface area contributed by atoms with Crippen LogP contribution in [0.3, 0.4) is 0 Å². The molecule has 0 atom stereocenters. The number of carboxylic acids is 1. The van der Waals surface area contributed by atoms with Crippen molar-refractivity contribution in [2.75, 3.05) is 0 Å². The Hall–Kier alpha value is -2.37. The van der Waals surface area contributed by atoms with Crippen molar-refractivity contribution < 1.29 is 14.7 Å². The Morgan fingerprint density at radius 1 is 1.14 bits per heavy atom. The first kappa shape index (κ1) is 21.9. The molecule has 154 valence electrons. The second-order valence-corrected chi connectivity index (χ2v) is 7.37. The number of aliphatic carboxylic acids is 1. The van der Waals surface area contributed by atoms with Gasteiger partial charge in [0.15, 0.2) is 0 Å². The first-order chi connectivity index (χ1) is 13.4. The van der Waals surface area contributed by atoms with Crippen molar-refractivity contribution in [1.82, 2.24) is 9.88 Å². The molecular weight excluding hydrogens is 356 g/mol. The Morgan fingerprint density at radius 2 is 1.86 bits per heavy atom. The average molecular weight is 389 g/mol. The third-order valence-corrected chi connectivity index (χ3v) is 5.33. The molecule has 0 saturated carbocycles. The van der Waals surface area contributed by atoms with Gasteiger partial charge in [-0.2, -0.15) is 0 Å². The minimum absolute atomic E-state index is 0.107. The van der Waals surface area contributed by atoms with Gasteiger partial charge >= 0.3 is 5.97 Å². The summed E-state index contributed by atoms with van der Waals surface area (Å²) in [6.07, 6.45) is 6.92. The van der Waals surface area contributed by atoms with Gasteiger partial charge in [-0.05, 0) is 56.6 Å². The van der Waals surface area contributed by atoms with Crippen LogP contribution in [-0.4, -0.2) is 21.6 Å². The SMILES string of the molecule is CCCCn1c(CCC)c(CC)cc(C(=O)NC2=C(C(=O)O)CCCC2)c1=O. The molecule has 1 amide bonds. The van der Waals surface area contributed by atoms with Crippen molar-refractivity contribution in [3.8, 4) is 0 Å². The highest BCUT2D eigenvalue weighted by atomic mass is 16.4. The van der Waals surface area contributed by atoms with E-state index in [0.29, 0.717) is 25.1 Å². The molecule has 1 heterocycles. The van der Waals surface area contributed by atoms with Gasteiger partial charge in [-0.3, -0.25) is 9.59 Å². The zero-order chi connectivity index (χ0) is 20.7. The fourth-order valence-electron chi connectivity index (χ4n) is 3.80. The van der Waals surface area contributed by atoms with Gasteiger partial charge in [-0.25, -0.2) is 4.79 Å². The van der Waals surface area contributed by atoms with Crippen molar-refractivity contribution in [2.24, 2.45) is 0 Å². The van der Waals surface area contributed by atoms with E-state index in [1.807, 2.05) is 6.92 Å². The smallest absolute Gasteiger partial charge is 0.333 e. The van der Waals surface area contributed by atoms with Gasteiger partial charge in [0.25, 0.3) is 11.5 Å². The summed E-state index contributed by atoms with van der Waals surface area (Å²) in [4.78, 5) is 37.5. The van der Waals surface area contributed by atoms with Crippen LogP contribution in [0.1, 0.15) is 87.3 Å². The van der Waals surface area contributed by atoms with E-state index < -0.39 is 11.9 Å². The van der Waals surface area contributed by atoms with Crippen molar-refractivity contribution in [1.29, 1.82) is 0 Å². The van der Waals surface area contributed by atoms with Crippen molar-refractivity contribution in [3.05, 3.63) is 44.5 Å². The molecule has 1 aromatic rings. The van der Waals surface area contributed by atoms with Crippen LogP contribution in [0.25, 0.3) is 0 Å². The lowest BCUT2D eigenvalue weighted by Gasteiger charge is -2.20. The number of pyridine rings is 1. The highest BCUT2D eigenvalue weighted by molar-refractivity contribution is 5.97. The topological polar surface area (TPSA) is 88.4 Å². The molecule has 28 heavy (non-hydrogen) atoms. The van der Waals surface area contributed by atoms with E-state index in [1.54, 1.807) is 10.6 Å². The summed E-state index contributed by atoms with van der Waals surface area (Å²) in [5.41, 5.74) is 2.56. The summed E-state index contributed by atoms with van der Waals surface area (Å²) in [5.74, 6) is -1.49. The summed E-state index contributed by atoms with van der Waals surface area (Å²) in [5, 5.41) is 12.1. The molecule has 2 rings (SSSR count). The molecule has 0 fully saturated rings. The Bertz CT molecular complexity index is 821. The largest absolute Gasteiger partial charge is 0.478 e. The number of aromatic nitrogens is 1. The first-order valence-electron chi connectivity index (χ1n) is 10.5. The van der Waals surface area contributed by atoms with Crippen LogP contribution in [0.4, 0.5) is 0 Å². The molecule has 2 N–H and O–H groups in total. The lowest BCUT2D eigenvalue weighted by molar-refractivity contribution is -0.133. The molecule has 0 unspecified atom stereocenters. The molecule has 0 bridgehead atoms. The summed E-state index contributed by atoms with van der Waals surface area (Å²) in [6, 6.07) is 1.70. The first-order valence-corrected chi connectivity index (χ1v) is 10.5. The summed E-state index contributed by atoms with van der Waals surface area (Å²) in [7, 11) is 0. The minimum atomic E-state index is -0.997. The number of carboxylic acid groups (broad SMARTS) is 1. The van der Waals surface area contributed by atoms with Crippen LogP contribution < -0.4 is 10.9 Å². The summed E-state index contributed by atoms with van der Waals surface area (Å²) < 4.78 is 1.76. The molecule has 1 aliphatic carbocycles. The van der Waals surface area contributed by atoms with Crippen LogP contribution >= 0.6 is 0 Å². The van der Waals surface area contributed by atoms with E-state index >= 15 is 0 Å². The molecular formula is C22H32N2O4. The number of carbonyl (C=O) groups excluding carboxylic acids is 1. The number of carbonyl (C=O) groups is 2. The summed E-state index contributed by atoms with van der Waals surface area (Å²) in [6.45, 7) is 6.78. The number of aryl methyl sites for hydroxylation is 1. The van der Waals surface area contributed by atoms with E-state index in [4.69, 9.17) is 0 Å². The third kappa shape index (κ3) is 4.91. The molecule has 0 aromatic carbocycles. The number of allylic oxidation sites excluding steroid dienone is 1. The maximum Gasteiger partial charge on any atom is 0.333 e. The van der Waals surface area contributed by atoms with Gasteiger partial charge in [0.05, 0.1) is 5.57 Å². The number of unbranched alkanes of at least 4 members (excludes halogenated alkanes) is 1. The number of nitrogens with one attached hydrogen (secondary N) is 1. The van der Waals surface area contributed by atoms with E-state index in [-0.39, 0.29) is 16.7 Å². The van der Waals surface area contributed by atoms with Crippen LogP contribution in [0.2, 0.25) is 0 Å². The second-order valence-electron chi connectivity index (χ2n) is 7.37. The number of nitrogens with zero attached hydrogens (tertiary/aromatic N) is 1. The predicted octanol–water partition coefficient (Wildman–Crippen LogP) is 3.81. The minimum Gasteiger partial charge on any atom is -0.478 e. The Labute approximate surface area is 166 Å². The van der Waals surface area contributed by atoms with Gasteiger partial charge in [-0.1, -0.05) is 33.6 Å². The normalized spacial score (nSPS) is 14.2. The standard InChI is InChI=1S/C22H32N2O4/c1-4-7-13-24-19(10-5-2)15(6-3)14-17(21(24)26)20(25)23-18-12-9-8-11-16(18)22(27)28/h14H,4-13H2,1-3H3,(H,23,25)(H,27,28). The van der Waals surface area contributed by atoms with Crippen LogP contribution in [-0.2, 0) is 24.2 Å². The Kier molecular flexibility index (Phi) is 8.03. The number of amides is 1. The number of hydrogen-bond acceptors (Lipinski definition) is 3. The van der Waals surface area contributed by atoms with Crippen LogP contribution in [0, 0.1) is 0 Å². The number of hydrogen-bond donors (Lipinski definition) is 2. The maximum atomic E-state index is 13.1. The highest BCUT2D eigenvalue weighted by Gasteiger charge is 2.23. The van der Waals surface area contributed by atoms with E-state index in [1.165, 1.54) is 0 Å². The van der Waals surface area contributed by atoms with E-state index in [0.717, 1.165) is 56.2 Å². The quantitative estimate of drug-likeness (QED) is 0.673. The molecule has 0 spiro atoms. The van der Waals surface area contributed by atoms with Crippen molar-refractivity contribution >= 4 is 11.9 Å². The fraction of sp³-hybridized carbons (Fsp3) is 0.591. The summed E-state index contributed by atoms with van der Waals surface area (Å²) >= 11 is 0. The molecule has 1 aromatic heterocycles. The zero-order valence-corrected chi connectivity index (χ0v) is 17.3. The zero-order valence-electron chi connectivity index (χ0n) is 17.3. The maximum absolute atomic E-state index is 13.1. The lowest BCUT2D eigenvalue weighted by Crippen LogP contribution is -2.36. The highest BCUT2D eigenvalue weighted by Crippen LogP contribution is 2.23. The Morgan fingerprint density at radius 3 is 2.46 bits per heavy atom.